The topological polar surface area (TPSA) is 55.6 Å². The highest BCUT2D eigenvalue weighted by atomic mass is 19.1. The van der Waals surface area contributed by atoms with Gasteiger partial charge in [0.05, 0.1) is 19.2 Å². The minimum absolute atomic E-state index is 0.0943. The number of benzene rings is 1. The third-order valence-electron chi connectivity index (χ3n) is 2.80. The summed E-state index contributed by atoms with van der Waals surface area (Å²) in [7, 11) is 1.34. The number of esters is 1. The zero-order chi connectivity index (χ0) is 11.7. The van der Waals surface area contributed by atoms with E-state index in [2.05, 4.69) is 4.74 Å². The average Bonchev–Trinajstić information content (AvgIpc) is 2.55. The molecule has 0 aromatic heterocycles. The van der Waals surface area contributed by atoms with Crippen LogP contribution >= 0.6 is 0 Å². The molecule has 16 heavy (non-hydrogen) atoms. The van der Waals surface area contributed by atoms with Gasteiger partial charge in [-0.15, -0.1) is 0 Å². The summed E-state index contributed by atoms with van der Waals surface area (Å²) < 4.78 is 17.7. The number of anilines is 1. The number of hydrogen-bond acceptors (Lipinski definition) is 4. The fourth-order valence-electron chi connectivity index (χ4n) is 2.01. The highest BCUT2D eigenvalue weighted by Gasteiger charge is 2.29. The molecule has 1 aromatic carbocycles. The molecule has 0 spiro atoms. The van der Waals surface area contributed by atoms with Gasteiger partial charge in [-0.3, -0.25) is 4.79 Å². The number of nitrogens with zero attached hydrogens (tertiary/aromatic N) is 1. The summed E-state index contributed by atoms with van der Waals surface area (Å²) in [4.78, 5) is 11.2. The van der Waals surface area contributed by atoms with Crippen LogP contribution < -0.4 is 10.9 Å². The average molecular weight is 224 g/mol. The number of halogens is 1. The largest absolute Gasteiger partial charge is 0.469 e. The minimum atomic E-state index is -0.316. The van der Waals surface area contributed by atoms with Gasteiger partial charge in [-0.25, -0.2) is 10.2 Å². The molecule has 2 rings (SSSR count). The fourth-order valence-corrected chi connectivity index (χ4v) is 2.01. The van der Waals surface area contributed by atoms with Gasteiger partial charge < -0.3 is 9.75 Å². The summed E-state index contributed by atoms with van der Waals surface area (Å²) in [5.41, 5.74) is 1.54. The fraction of sp³-hybridized carbons (Fsp3) is 0.364. The van der Waals surface area contributed by atoms with Crippen molar-refractivity contribution in [1.82, 2.24) is 0 Å². The van der Waals surface area contributed by atoms with E-state index in [-0.39, 0.29) is 24.1 Å². The molecule has 1 aliphatic heterocycles. The van der Waals surface area contributed by atoms with Crippen molar-refractivity contribution in [3.63, 3.8) is 0 Å². The Morgan fingerprint density at radius 3 is 3.12 bits per heavy atom. The molecule has 5 heteroatoms. The zero-order valence-corrected chi connectivity index (χ0v) is 8.94. The molecule has 0 amide bonds. The van der Waals surface area contributed by atoms with Crippen molar-refractivity contribution in [3.8, 4) is 0 Å². The number of fused-ring (bicyclic) bond motifs is 1. The van der Waals surface area contributed by atoms with E-state index in [0.717, 1.165) is 11.3 Å². The highest BCUT2D eigenvalue weighted by Crippen LogP contribution is 2.36. The second-order valence-electron chi connectivity index (χ2n) is 3.83. The molecule has 0 bridgehead atoms. The van der Waals surface area contributed by atoms with Gasteiger partial charge >= 0.3 is 5.97 Å². The van der Waals surface area contributed by atoms with Crippen molar-refractivity contribution in [1.29, 1.82) is 0 Å². The van der Waals surface area contributed by atoms with Crippen molar-refractivity contribution in [2.24, 2.45) is 5.84 Å². The number of hydrazine groups is 1. The SMILES string of the molecule is COC(=O)CC1CN(N)c2ccc(F)cc21. The van der Waals surface area contributed by atoms with Crippen LogP contribution in [0.4, 0.5) is 10.1 Å². The normalized spacial score (nSPS) is 18.4. The maximum Gasteiger partial charge on any atom is 0.306 e. The van der Waals surface area contributed by atoms with E-state index in [1.54, 1.807) is 6.07 Å². The van der Waals surface area contributed by atoms with Gasteiger partial charge in [-0.05, 0) is 23.8 Å². The van der Waals surface area contributed by atoms with Gasteiger partial charge in [0.2, 0.25) is 0 Å². The molecule has 0 fully saturated rings. The molecule has 4 nitrogen and oxygen atoms in total. The van der Waals surface area contributed by atoms with Crippen LogP contribution in [0.1, 0.15) is 17.9 Å². The highest BCUT2D eigenvalue weighted by molar-refractivity contribution is 5.72. The number of ether oxygens (including phenoxy) is 1. The number of methoxy groups -OCH3 is 1. The van der Waals surface area contributed by atoms with Crippen LogP contribution in [0.25, 0.3) is 0 Å². The maximum absolute atomic E-state index is 13.1. The molecule has 0 saturated heterocycles. The van der Waals surface area contributed by atoms with Gasteiger partial charge in [-0.1, -0.05) is 0 Å². The molecular weight excluding hydrogens is 211 g/mol. The summed E-state index contributed by atoms with van der Waals surface area (Å²) in [5.74, 6) is 5.04. The van der Waals surface area contributed by atoms with Crippen LogP contribution in [0.3, 0.4) is 0 Å². The van der Waals surface area contributed by atoms with Crippen molar-refractivity contribution >= 4 is 11.7 Å². The Morgan fingerprint density at radius 2 is 2.44 bits per heavy atom. The number of hydrogen-bond donors (Lipinski definition) is 1. The molecule has 86 valence electrons. The lowest BCUT2D eigenvalue weighted by Crippen LogP contribution is -2.29. The van der Waals surface area contributed by atoms with Crippen molar-refractivity contribution in [2.45, 2.75) is 12.3 Å². The van der Waals surface area contributed by atoms with Crippen molar-refractivity contribution in [2.75, 3.05) is 18.7 Å². The van der Waals surface area contributed by atoms with E-state index in [4.69, 9.17) is 5.84 Å². The molecule has 1 atom stereocenters. The molecule has 2 N–H and O–H groups in total. The van der Waals surface area contributed by atoms with Crippen LogP contribution in [0.15, 0.2) is 18.2 Å². The van der Waals surface area contributed by atoms with E-state index >= 15 is 0 Å². The van der Waals surface area contributed by atoms with Gasteiger partial charge in [0.25, 0.3) is 0 Å². The number of rotatable bonds is 2. The van der Waals surface area contributed by atoms with E-state index in [1.165, 1.54) is 24.3 Å². The Hall–Kier alpha value is -1.62. The number of carbonyl (C=O) groups is 1. The summed E-state index contributed by atoms with van der Waals surface area (Å²) in [6.07, 6.45) is 0.223. The third kappa shape index (κ3) is 1.86. The predicted octanol–water partition coefficient (Wildman–Crippen LogP) is 1.17. The van der Waals surface area contributed by atoms with Crippen LogP contribution in [0, 0.1) is 5.82 Å². The molecular formula is C11H13FN2O2. The minimum Gasteiger partial charge on any atom is -0.469 e. The monoisotopic (exact) mass is 224 g/mol. The maximum atomic E-state index is 13.1. The van der Waals surface area contributed by atoms with Crippen LogP contribution in [-0.2, 0) is 9.53 Å². The van der Waals surface area contributed by atoms with E-state index in [0.29, 0.717) is 6.54 Å². The first-order valence-electron chi connectivity index (χ1n) is 5.00. The van der Waals surface area contributed by atoms with Gasteiger partial charge in [0.1, 0.15) is 5.82 Å². The summed E-state index contributed by atoms with van der Waals surface area (Å²) in [6.45, 7) is 0.508. The summed E-state index contributed by atoms with van der Waals surface area (Å²) in [6, 6.07) is 4.41. The third-order valence-corrected chi connectivity index (χ3v) is 2.80. The Kier molecular flexibility index (Phi) is 2.78. The zero-order valence-electron chi connectivity index (χ0n) is 8.94. The lowest BCUT2D eigenvalue weighted by Gasteiger charge is -2.11. The second kappa shape index (κ2) is 4.09. The first kappa shape index (κ1) is 10.9. The van der Waals surface area contributed by atoms with Crippen LogP contribution in [0.2, 0.25) is 0 Å². The predicted molar refractivity (Wildman–Crippen MR) is 57.3 cm³/mol. The molecule has 1 unspecified atom stereocenters. The van der Waals surface area contributed by atoms with Gasteiger partial charge in [0, 0.05) is 12.5 Å². The Morgan fingerprint density at radius 1 is 1.69 bits per heavy atom. The lowest BCUT2D eigenvalue weighted by molar-refractivity contribution is -0.141. The first-order chi connectivity index (χ1) is 7.61. The lowest BCUT2D eigenvalue weighted by atomic mass is 9.98. The first-order valence-corrected chi connectivity index (χ1v) is 5.00. The molecule has 0 saturated carbocycles. The Bertz CT molecular complexity index is 422. The number of carbonyl (C=O) groups excluding carboxylic acids is 1. The molecule has 0 aliphatic carbocycles. The van der Waals surface area contributed by atoms with Gasteiger partial charge in [0.15, 0.2) is 0 Å². The molecule has 1 heterocycles. The van der Waals surface area contributed by atoms with E-state index in [9.17, 15) is 9.18 Å². The number of nitrogens with two attached hydrogens (primary N) is 1. The van der Waals surface area contributed by atoms with Crippen LogP contribution in [0.5, 0.6) is 0 Å². The summed E-state index contributed by atoms with van der Waals surface area (Å²) >= 11 is 0. The van der Waals surface area contributed by atoms with Crippen molar-refractivity contribution in [3.05, 3.63) is 29.6 Å². The molecule has 1 aliphatic rings. The summed E-state index contributed by atoms with van der Waals surface area (Å²) in [5, 5.41) is 1.53. The Labute approximate surface area is 92.8 Å². The molecule has 0 radical (unpaired) electrons. The smallest absolute Gasteiger partial charge is 0.306 e. The van der Waals surface area contributed by atoms with Crippen molar-refractivity contribution < 1.29 is 13.9 Å². The quantitative estimate of drug-likeness (QED) is 0.605. The van der Waals surface area contributed by atoms with Crippen LogP contribution in [-0.4, -0.2) is 19.6 Å². The van der Waals surface area contributed by atoms with E-state index < -0.39 is 0 Å². The Balaban J connectivity index is 2.27. The molecule has 1 aromatic rings. The van der Waals surface area contributed by atoms with Gasteiger partial charge in [-0.2, -0.15) is 0 Å². The second-order valence-corrected chi connectivity index (χ2v) is 3.83. The van der Waals surface area contributed by atoms with E-state index in [1.807, 2.05) is 0 Å². The standard InChI is InChI=1S/C11H13FN2O2/c1-16-11(15)4-7-6-14(13)10-3-2-8(12)5-9(7)10/h2-3,5,7H,4,6,13H2,1H3.